The molecule has 1 aliphatic rings. The van der Waals surface area contributed by atoms with Crippen LogP contribution in [0.3, 0.4) is 0 Å². The summed E-state index contributed by atoms with van der Waals surface area (Å²) in [5, 5.41) is 2.62. The molecule has 0 aromatic heterocycles. The van der Waals surface area contributed by atoms with Crippen LogP contribution in [-0.4, -0.2) is 17.2 Å². The molecule has 2 rings (SSSR count). The zero-order valence-corrected chi connectivity index (χ0v) is 9.57. The predicted molar refractivity (Wildman–Crippen MR) is 60.3 cm³/mol. The van der Waals surface area contributed by atoms with Gasteiger partial charge in [-0.15, -0.1) is 0 Å². The molecule has 1 fully saturated rings. The number of hydrogen-bond donors (Lipinski definition) is 2. The predicted octanol–water partition coefficient (Wildman–Crippen LogP) is 0.656. The van der Waals surface area contributed by atoms with Gasteiger partial charge in [-0.3, -0.25) is 4.57 Å². The van der Waals surface area contributed by atoms with E-state index in [2.05, 4.69) is 0 Å². The molecule has 4 heteroatoms. The van der Waals surface area contributed by atoms with Gasteiger partial charge >= 0.3 is 0 Å². The van der Waals surface area contributed by atoms with Crippen LogP contribution in [0.2, 0.25) is 0 Å². The van der Waals surface area contributed by atoms with Crippen LogP contribution in [0, 0.1) is 0 Å². The van der Waals surface area contributed by atoms with Crippen LogP contribution < -0.4 is 10.6 Å². The monoisotopic (exact) mass is 226 g/mol. The van der Waals surface area contributed by atoms with E-state index >= 15 is 0 Å². The highest BCUT2D eigenvalue weighted by molar-refractivity contribution is 7.66. The Morgan fingerprint density at radius 3 is 2.60 bits per heavy atom. The van der Waals surface area contributed by atoms with E-state index in [-0.39, 0.29) is 5.78 Å². The van der Waals surface area contributed by atoms with Crippen LogP contribution >= 0.6 is 7.37 Å². The van der Waals surface area contributed by atoms with Crippen LogP contribution in [0.4, 0.5) is 0 Å². The van der Waals surface area contributed by atoms with Crippen molar-refractivity contribution < 1.29 is 14.8 Å². The maximum absolute atomic E-state index is 12.3. The molecular weight excluding hydrogens is 209 g/mol. The molecule has 1 aromatic rings. The third-order valence-electron chi connectivity index (χ3n) is 2.97. The molecule has 1 aliphatic heterocycles. The molecule has 0 aliphatic carbocycles. The number of hydrogen-bond acceptors (Lipinski definition) is 1. The highest BCUT2D eigenvalue weighted by atomic mass is 31.2. The summed E-state index contributed by atoms with van der Waals surface area (Å²) >= 11 is 0. The molecule has 82 valence electrons. The molecule has 0 amide bonds. The van der Waals surface area contributed by atoms with Gasteiger partial charge in [-0.25, -0.2) is 0 Å². The Morgan fingerprint density at radius 1 is 1.27 bits per heavy atom. The van der Waals surface area contributed by atoms with Crippen LogP contribution in [-0.2, 0) is 4.57 Å². The van der Waals surface area contributed by atoms with Gasteiger partial charge in [0.15, 0.2) is 5.78 Å². The summed E-state index contributed by atoms with van der Waals surface area (Å²) < 4.78 is 12.3. The fraction of sp³-hybridized carbons (Fsp3) is 0.455. The molecule has 0 spiro atoms. The Kier molecular flexibility index (Phi) is 3.25. The van der Waals surface area contributed by atoms with E-state index in [1.165, 1.54) is 0 Å². The number of quaternary nitrogens is 1. The molecule has 3 N–H and O–H groups in total. The summed E-state index contributed by atoms with van der Waals surface area (Å²) in [6.07, 6.45) is 3.08. The molecule has 1 unspecified atom stereocenters. The Bertz CT molecular complexity index is 360. The van der Waals surface area contributed by atoms with Gasteiger partial charge in [-0.2, -0.15) is 0 Å². The minimum atomic E-state index is -3.18. The van der Waals surface area contributed by atoms with E-state index in [4.69, 9.17) is 0 Å². The van der Waals surface area contributed by atoms with Gasteiger partial charge in [-0.1, -0.05) is 18.2 Å². The lowest BCUT2D eigenvalue weighted by Crippen LogP contribution is -2.91. The molecule has 1 heterocycles. The van der Waals surface area contributed by atoms with E-state index in [0.29, 0.717) is 5.30 Å². The number of nitrogens with two attached hydrogens (primary N) is 1. The first kappa shape index (κ1) is 10.9. The normalized spacial score (nSPS) is 25.8. The fourth-order valence-electron chi connectivity index (χ4n) is 2.08. The highest BCUT2D eigenvalue weighted by Gasteiger charge is 2.36. The summed E-state index contributed by atoms with van der Waals surface area (Å²) in [5.74, 6) is -0.131. The lowest BCUT2D eigenvalue weighted by molar-refractivity contribution is -0.678. The summed E-state index contributed by atoms with van der Waals surface area (Å²) in [6.45, 7) is 0.974. The van der Waals surface area contributed by atoms with E-state index in [0.717, 1.165) is 25.8 Å². The largest absolute Gasteiger partial charge is 0.337 e. The quantitative estimate of drug-likeness (QED) is 0.728. The lowest BCUT2D eigenvalue weighted by atomic mass is 10.2. The maximum Gasteiger partial charge on any atom is 0.285 e. The minimum Gasteiger partial charge on any atom is -0.337 e. The van der Waals surface area contributed by atoms with E-state index in [9.17, 15) is 9.46 Å². The SMILES string of the molecule is O=P(O)(c1ccccc1)[C@H]1CCCC[NH2+]1. The van der Waals surface area contributed by atoms with Crippen molar-refractivity contribution in [3.63, 3.8) is 0 Å². The van der Waals surface area contributed by atoms with Crippen molar-refractivity contribution in [3.8, 4) is 0 Å². The van der Waals surface area contributed by atoms with Crippen molar-refractivity contribution in [3.05, 3.63) is 30.3 Å². The topological polar surface area (TPSA) is 53.9 Å². The third-order valence-corrected chi connectivity index (χ3v) is 5.37. The molecule has 15 heavy (non-hydrogen) atoms. The second kappa shape index (κ2) is 4.48. The summed E-state index contributed by atoms with van der Waals surface area (Å²) in [7, 11) is -3.18. The average molecular weight is 226 g/mol. The summed E-state index contributed by atoms with van der Waals surface area (Å²) in [5.41, 5.74) is 0. The highest BCUT2D eigenvalue weighted by Crippen LogP contribution is 2.44. The van der Waals surface area contributed by atoms with Crippen LogP contribution in [0.1, 0.15) is 19.3 Å². The molecule has 2 atom stereocenters. The first-order valence-electron chi connectivity index (χ1n) is 5.42. The zero-order valence-electron chi connectivity index (χ0n) is 8.67. The van der Waals surface area contributed by atoms with Gasteiger partial charge in [0, 0.05) is 11.7 Å². The Hall–Kier alpha value is -0.630. The first-order valence-corrected chi connectivity index (χ1v) is 7.15. The molecule has 1 saturated heterocycles. The van der Waals surface area contributed by atoms with Crippen molar-refractivity contribution in [2.75, 3.05) is 6.54 Å². The van der Waals surface area contributed by atoms with Gasteiger partial charge < -0.3 is 10.2 Å². The lowest BCUT2D eigenvalue weighted by Gasteiger charge is -2.24. The third kappa shape index (κ3) is 2.31. The van der Waals surface area contributed by atoms with Crippen molar-refractivity contribution in [2.45, 2.75) is 25.0 Å². The maximum atomic E-state index is 12.3. The van der Waals surface area contributed by atoms with E-state index < -0.39 is 7.37 Å². The van der Waals surface area contributed by atoms with Crippen LogP contribution in [0.15, 0.2) is 30.3 Å². The van der Waals surface area contributed by atoms with E-state index in [1.807, 2.05) is 23.5 Å². The second-order valence-corrected chi connectivity index (χ2v) is 6.47. The Morgan fingerprint density at radius 2 is 2.00 bits per heavy atom. The van der Waals surface area contributed by atoms with Crippen LogP contribution in [0.5, 0.6) is 0 Å². The first-order chi connectivity index (χ1) is 7.21. The number of rotatable bonds is 2. The molecule has 0 bridgehead atoms. The minimum absolute atomic E-state index is 0.131. The Labute approximate surface area is 90.0 Å². The number of benzene rings is 1. The van der Waals surface area contributed by atoms with Crippen molar-refractivity contribution in [2.24, 2.45) is 0 Å². The van der Waals surface area contributed by atoms with Crippen LogP contribution in [0.25, 0.3) is 0 Å². The average Bonchev–Trinajstić information content (AvgIpc) is 2.31. The Balaban J connectivity index is 2.22. The van der Waals surface area contributed by atoms with Gasteiger partial charge in [-0.05, 0) is 25.0 Å². The van der Waals surface area contributed by atoms with Gasteiger partial charge in [0.25, 0.3) is 7.37 Å². The molecule has 0 saturated carbocycles. The van der Waals surface area contributed by atoms with Crippen molar-refractivity contribution in [1.29, 1.82) is 0 Å². The summed E-state index contributed by atoms with van der Waals surface area (Å²) in [4.78, 5) is 10.1. The molecule has 3 nitrogen and oxygen atoms in total. The second-order valence-electron chi connectivity index (χ2n) is 4.05. The van der Waals surface area contributed by atoms with Crippen molar-refractivity contribution >= 4 is 12.7 Å². The van der Waals surface area contributed by atoms with Gasteiger partial charge in [0.05, 0.1) is 6.54 Å². The van der Waals surface area contributed by atoms with Gasteiger partial charge in [0.1, 0.15) is 0 Å². The molecule has 0 radical (unpaired) electrons. The van der Waals surface area contributed by atoms with E-state index in [1.54, 1.807) is 12.1 Å². The fourth-order valence-corrected chi connectivity index (χ4v) is 4.03. The zero-order chi connectivity index (χ0) is 10.7. The van der Waals surface area contributed by atoms with Crippen molar-refractivity contribution in [1.82, 2.24) is 0 Å². The number of piperidine rings is 1. The summed E-state index contributed by atoms with van der Waals surface area (Å²) in [6, 6.07) is 9.02. The molecular formula is C11H17NO2P+. The standard InChI is InChI=1S/C11H16NO2P/c13-15(14,10-6-2-1-3-7-10)11-8-4-5-9-12-11/h1-3,6-7,11-12H,4-5,8-9H2,(H,13,14)/p+1/t11-/m0/s1. The molecule has 1 aromatic carbocycles. The smallest absolute Gasteiger partial charge is 0.285 e. The van der Waals surface area contributed by atoms with Gasteiger partial charge in [0.2, 0.25) is 0 Å².